The van der Waals surface area contributed by atoms with Crippen molar-refractivity contribution < 1.29 is 18.7 Å². The molecule has 0 radical (unpaired) electrons. The highest BCUT2D eigenvalue weighted by atomic mass is 19.1. The van der Waals surface area contributed by atoms with E-state index in [9.17, 15) is 13.6 Å². The van der Waals surface area contributed by atoms with Crippen molar-refractivity contribution in [1.82, 2.24) is 9.97 Å². The van der Waals surface area contributed by atoms with Gasteiger partial charge in [-0.2, -0.15) is 4.98 Å². The van der Waals surface area contributed by atoms with Crippen LogP contribution in [-0.4, -0.2) is 21.0 Å². The average Bonchev–Trinajstić information content (AvgIpc) is 2.57. The molecule has 0 unspecified atom stereocenters. The fourth-order valence-electron chi connectivity index (χ4n) is 2.28. The van der Waals surface area contributed by atoms with Gasteiger partial charge in [-0.15, -0.1) is 0 Å². The molecule has 1 aromatic heterocycles. The summed E-state index contributed by atoms with van der Waals surface area (Å²) in [6.45, 7) is 1.73. The van der Waals surface area contributed by atoms with Gasteiger partial charge in [-0.3, -0.25) is 0 Å². The summed E-state index contributed by atoms with van der Waals surface area (Å²) < 4.78 is 26.8. The smallest absolute Gasteiger partial charge is 0.335 e. The van der Waals surface area contributed by atoms with E-state index in [-0.39, 0.29) is 17.2 Å². The number of anilines is 4. The number of nitrogens with one attached hydrogen (secondary N) is 2. The SMILES string of the molecule is Cc1cc(Nc2cccc(C(=O)O)c2)nc(Nc2ccc(F)cc2F)n1. The molecule has 0 bridgehead atoms. The van der Waals surface area contributed by atoms with Gasteiger partial charge in [0.1, 0.15) is 17.5 Å². The minimum absolute atomic E-state index is 0.0378. The molecular weight excluding hydrogens is 342 g/mol. The molecule has 3 rings (SSSR count). The zero-order chi connectivity index (χ0) is 18.7. The third-order valence-corrected chi connectivity index (χ3v) is 3.41. The van der Waals surface area contributed by atoms with Crippen molar-refractivity contribution in [2.24, 2.45) is 0 Å². The maximum atomic E-state index is 13.8. The van der Waals surface area contributed by atoms with Crippen LogP contribution in [-0.2, 0) is 0 Å². The predicted octanol–water partition coefficient (Wildman–Crippen LogP) is 4.25. The van der Waals surface area contributed by atoms with Crippen molar-refractivity contribution in [2.75, 3.05) is 10.6 Å². The van der Waals surface area contributed by atoms with Gasteiger partial charge in [0.05, 0.1) is 11.3 Å². The molecule has 0 aliphatic carbocycles. The van der Waals surface area contributed by atoms with Crippen molar-refractivity contribution >= 4 is 29.1 Å². The van der Waals surface area contributed by atoms with Crippen LogP contribution < -0.4 is 10.6 Å². The van der Waals surface area contributed by atoms with Crippen LogP contribution in [0.1, 0.15) is 16.1 Å². The van der Waals surface area contributed by atoms with E-state index in [0.717, 1.165) is 12.1 Å². The Hall–Kier alpha value is -3.55. The minimum atomic E-state index is -1.04. The first-order valence-corrected chi connectivity index (χ1v) is 7.59. The molecule has 0 aliphatic heterocycles. The van der Waals surface area contributed by atoms with Crippen molar-refractivity contribution in [2.45, 2.75) is 6.92 Å². The van der Waals surface area contributed by atoms with E-state index in [1.807, 2.05) is 0 Å². The first-order chi connectivity index (χ1) is 12.4. The summed E-state index contributed by atoms with van der Waals surface area (Å²) in [5.41, 5.74) is 1.30. The highest BCUT2D eigenvalue weighted by Gasteiger charge is 2.09. The lowest BCUT2D eigenvalue weighted by Gasteiger charge is -2.11. The lowest BCUT2D eigenvalue weighted by atomic mass is 10.2. The molecule has 3 aromatic rings. The maximum Gasteiger partial charge on any atom is 0.335 e. The van der Waals surface area contributed by atoms with Crippen LogP contribution in [0.15, 0.2) is 48.5 Å². The monoisotopic (exact) mass is 356 g/mol. The summed E-state index contributed by atoms with van der Waals surface area (Å²) in [7, 11) is 0. The average molecular weight is 356 g/mol. The Labute approximate surface area is 147 Å². The lowest BCUT2D eigenvalue weighted by Crippen LogP contribution is -2.04. The van der Waals surface area contributed by atoms with Gasteiger partial charge < -0.3 is 15.7 Å². The van der Waals surface area contributed by atoms with Gasteiger partial charge in [-0.1, -0.05) is 6.07 Å². The summed E-state index contributed by atoms with van der Waals surface area (Å²) in [6.07, 6.45) is 0. The number of benzene rings is 2. The number of hydrogen-bond donors (Lipinski definition) is 3. The zero-order valence-corrected chi connectivity index (χ0v) is 13.6. The largest absolute Gasteiger partial charge is 0.478 e. The lowest BCUT2D eigenvalue weighted by molar-refractivity contribution is 0.0697. The number of carboxylic acid groups (broad SMARTS) is 1. The van der Waals surface area contributed by atoms with Crippen molar-refractivity contribution in [3.63, 3.8) is 0 Å². The van der Waals surface area contributed by atoms with Gasteiger partial charge in [0, 0.05) is 23.5 Å². The number of aromatic nitrogens is 2. The molecule has 0 aliphatic rings. The summed E-state index contributed by atoms with van der Waals surface area (Å²) in [6, 6.07) is 11.0. The summed E-state index contributed by atoms with van der Waals surface area (Å²) in [5, 5.41) is 14.7. The third-order valence-electron chi connectivity index (χ3n) is 3.41. The van der Waals surface area contributed by atoms with Gasteiger partial charge in [0.2, 0.25) is 5.95 Å². The van der Waals surface area contributed by atoms with Crippen LogP contribution in [0.25, 0.3) is 0 Å². The van der Waals surface area contributed by atoms with E-state index < -0.39 is 17.6 Å². The summed E-state index contributed by atoms with van der Waals surface area (Å²) in [5.74, 6) is -1.98. The Morgan fingerprint density at radius 2 is 1.85 bits per heavy atom. The van der Waals surface area contributed by atoms with E-state index in [0.29, 0.717) is 17.2 Å². The minimum Gasteiger partial charge on any atom is -0.478 e. The van der Waals surface area contributed by atoms with Crippen molar-refractivity contribution in [1.29, 1.82) is 0 Å². The Morgan fingerprint density at radius 1 is 1.04 bits per heavy atom. The Balaban J connectivity index is 1.85. The Morgan fingerprint density at radius 3 is 2.58 bits per heavy atom. The van der Waals surface area contributed by atoms with Crippen LogP contribution >= 0.6 is 0 Å². The van der Waals surface area contributed by atoms with Crippen molar-refractivity contribution in [3.05, 3.63) is 71.4 Å². The standard InChI is InChI=1S/C18H14F2N4O2/c1-10-7-16(22-13-4-2-3-11(8-13)17(25)26)24-18(21-10)23-15-6-5-12(19)9-14(15)20/h2-9H,1H3,(H,25,26)(H2,21,22,23,24). The van der Waals surface area contributed by atoms with E-state index in [1.165, 1.54) is 18.2 Å². The number of carbonyl (C=O) groups is 1. The van der Waals surface area contributed by atoms with E-state index in [1.54, 1.807) is 25.1 Å². The van der Waals surface area contributed by atoms with Gasteiger partial charge in [-0.25, -0.2) is 18.6 Å². The predicted molar refractivity (Wildman–Crippen MR) is 93.1 cm³/mol. The van der Waals surface area contributed by atoms with E-state index >= 15 is 0 Å². The second kappa shape index (κ2) is 7.14. The van der Waals surface area contributed by atoms with Gasteiger partial charge in [0.15, 0.2) is 0 Å². The van der Waals surface area contributed by atoms with E-state index in [2.05, 4.69) is 20.6 Å². The Bertz CT molecular complexity index is 979. The van der Waals surface area contributed by atoms with Crippen LogP contribution in [0.5, 0.6) is 0 Å². The number of rotatable bonds is 5. The molecule has 0 atom stereocenters. The number of aromatic carboxylic acids is 1. The van der Waals surface area contributed by atoms with Crippen LogP contribution in [0.3, 0.4) is 0 Å². The number of aryl methyl sites for hydroxylation is 1. The molecule has 0 amide bonds. The molecule has 8 heteroatoms. The molecule has 6 nitrogen and oxygen atoms in total. The third kappa shape index (κ3) is 4.10. The second-order valence-corrected chi connectivity index (χ2v) is 5.48. The van der Waals surface area contributed by atoms with Gasteiger partial charge in [0.25, 0.3) is 0 Å². The molecule has 2 aromatic carbocycles. The van der Waals surface area contributed by atoms with Crippen LogP contribution in [0, 0.1) is 18.6 Å². The number of carboxylic acids is 1. The molecule has 1 heterocycles. The fourth-order valence-corrected chi connectivity index (χ4v) is 2.28. The summed E-state index contributed by atoms with van der Waals surface area (Å²) >= 11 is 0. The molecule has 26 heavy (non-hydrogen) atoms. The molecule has 0 spiro atoms. The second-order valence-electron chi connectivity index (χ2n) is 5.48. The molecule has 132 valence electrons. The topological polar surface area (TPSA) is 87.1 Å². The maximum absolute atomic E-state index is 13.8. The van der Waals surface area contributed by atoms with Gasteiger partial charge in [-0.05, 0) is 37.3 Å². The zero-order valence-electron chi connectivity index (χ0n) is 13.6. The van der Waals surface area contributed by atoms with Crippen LogP contribution in [0.4, 0.5) is 31.9 Å². The summed E-state index contributed by atoms with van der Waals surface area (Å²) in [4.78, 5) is 19.4. The number of nitrogens with zero attached hydrogens (tertiary/aromatic N) is 2. The molecule has 0 saturated heterocycles. The molecule has 0 saturated carbocycles. The fraction of sp³-hybridized carbons (Fsp3) is 0.0556. The normalized spacial score (nSPS) is 10.4. The van der Waals surface area contributed by atoms with Crippen molar-refractivity contribution in [3.8, 4) is 0 Å². The van der Waals surface area contributed by atoms with Crippen LogP contribution in [0.2, 0.25) is 0 Å². The number of hydrogen-bond acceptors (Lipinski definition) is 5. The number of halogens is 2. The van der Waals surface area contributed by atoms with E-state index in [4.69, 9.17) is 5.11 Å². The van der Waals surface area contributed by atoms with Gasteiger partial charge >= 0.3 is 5.97 Å². The highest BCUT2D eigenvalue weighted by Crippen LogP contribution is 2.22. The molecular formula is C18H14F2N4O2. The molecule has 3 N–H and O–H groups in total. The Kier molecular flexibility index (Phi) is 4.74. The first kappa shape index (κ1) is 17.3. The highest BCUT2D eigenvalue weighted by molar-refractivity contribution is 5.89. The quantitative estimate of drug-likeness (QED) is 0.634. The molecule has 0 fully saturated rings. The first-order valence-electron chi connectivity index (χ1n) is 7.59.